The van der Waals surface area contributed by atoms with Crippen molar-refractivity contribution in [2.45, 2.75) is 26.6 Å². The maximum atomic E-state index is 11.0. The first kappa shape index (κ1) is 14.1. The van der Waals surface area contributed by atoms with Crippen LogP contribution in [0.15, 0.2) is 18.2 Å². The summed E-state index contributed by atoms with van der Waals surface area (Å²) in [4.78, 5) is 13.3. The number of fused-ring (bicyclic) bond motifs is 1. The number of hydrogen-bond acceptors (Lipinski definition) is 3. The van der Waals surface area contributed by atoms with Gasteiger partial charge in [-0.1, -0.05) is 17.7 Å². The molecule has 2 heterocycles. The molecule has 1 aromatic heterocycles. The normalized spacial score (nSPS) is 14.4. The molecule has 6 heteroatoms. The number of nitrogens with zero attached hydrogens (tertiary/aromatic N) is 3. The van der Waals surface area contributed by atoms with Crippen LogP contribution in [-0.4, -0.2) is 25.8 Å². The summed E-state index contributed by atoms with van der Waals surface area (Å²) in [5, 5.41) is 14.1. The molecule has 0 unspecified atom stereocenters. The van der Waals surface area contributed by atoms with E-state index in [1.807, 2.05) is 24.7 Å². The highest BCUT2D eigenvalue weighted by atomic mass is 35.5. The van der Waals surface area contributed by atoms with E-state index < -0.39 is 5.97 Å². The second-order valence-corrected chi connectivity index (χ2v) is 5.78. The SMILES string of the molecule is Cc1nn(C)c(CN2Cc3ccc(C(=O)O)cc3C2)c1Cl. The minimum absolute atomic E-state index is 0.338. The highest BCUT2D eigenvalue weighted by Gasteiger charge is 2.23. The van der Waals surface area contributed by atoms with E-state index in [1.54, 1.807) is 12.1 Å². The second kappa shape index (κ2) is 5.16. The van der Waals surface area contributed by atoms with Crippen molar-refractivity contribution >= 4 is 17.6 Å². The zero-order valence-corrected chi connectivity index (χ0v) is 12.7. The van der Waals surface area contributed by atoms with Crippen molar-refractivity contribution in [1.82, 2.24) is 14.7 Å². The highest BCUT2D eigenvalue weighted by Crippen LogP contribution is 2.28. The molecule has 5 nitrogen and oxygen atoms in total. The van der Waals surface area contributed by atoms with Crippen LogP contribution in [0.3, 0.4) is 0 Å². The van der Waals surface area contributed by atoms with Gasteiger partial charge < -0.3 is 5.11 Å². The molecule has 0 aliphatic carbocycles. The molecule has 0 saturated heterocycles. The number of rotatable bonds is 3. The number of carboxylic acid groups (broad SMARTS) is 1. The maximum Gasteiger partial charge on any atom is 0.335 e. The number of benzene rings is 1. The van der Waals surface area contributed by atoms with Crippen LogP contribution in [0.25, 0.3) is 0 Å². The van der Waals surface area contributed by atoms with E-state index in [4.69, 9.17) is 16.7 Å². The summed E-state index contributed by atoms with van der Waals surface area (Å²) >= 11 is 6.28. The summed E-state index contributed by atoms with van der Waals surface area (Å²) in [6.07, 6.45) is 0. The van der Waals surface area contributed by atoms with Crippen LogP contribution in [0.2, 0.25) is 5.02 Å². The Balaban J connectivity index is 1.80. The van der Waals surface area contributed by atoms with Crippen molar-refractivity contribution in [3.05, 3.63) is 51.3 Å². The smallest absolute Gasteiger partial charge is 0.335 e. The molecule has 0 bridgehead atoms. The highest BCUT2D eigenvalue weighted by molar-refractivity contribution is 6.31. The Morgan fingerprint density at radius 2 is 2.10 bits per heavy atom. The molecule has 1 aromatic carbocycles. The van der Waals surface area contributed by atoms with Gasteiger partial charge in [0.1, 0.15) is 0 Å². The number of carboxylic acids is 1. The van der Waals surface area contributed by atoms with Gasteiger partial charge in [0.15, 0.2) is 0 Å². The van der Waals surface area contributed by atoms with E-state index in [0.717, 1.165) is 30.0 Å². The van der Waals surface area contributed by atoms with E-state index >= 15 is 0 Å². The van der Waals surface area contributed by atoms with Crippen LogP contribution >= 0.6 is 11.6 Å². The Kier molecular flexibility index (Phi) is 3.47. The lowest BCUT2D eigenvalue weighted by atomic mass is 10.1. The van der Waals surface area contributed by atoms with Gasteiger partial charge in [-0.2, -0.15) is 5.10 Å². The first-order chi connectivity index (χ1) is 9.95. The van der Waals surface area contributed by atoms with Crippen molar-refractivity contribution in [2.75, 3.05) is 0 Å². The van der Waals surface area contributed by atoms with Crippen molar-refractivity contribution in [3.63, 3.8) is 0 Å². The van der Waals surface area contributed by atoms with Crippen LogP contribution in [0.4, 0.5) is 0 Å². The molecule has 3 rings (SSSR count). The van der Waals surface area contributed by atoms with Gasteiger partial charge in [0.25, 0.3) is 0 Å². The van der Waals surface area contributed by atoms with Gasteiger partial charge in [0.2, 0.25) is 0 Å². The largest absolute Gasteiger partial charge is 0.478 e. The number of aromatic carboxylic acids is 1. The monoisotopic (exact) mass is 305 g/mol. The minimum Gasteiger partial charge on any atom is -0.478 e. The van der Waals surface area contributed by atoms with Gasteiger partial charge >= 0.3 is 5.97 Å². The maximum absolute atomic E-state index is 11.0. The standard InChI is InChI=1S/C15H16ClN3O2/c1-9-14(16)13(18(2)17-9)8-19-6-11-4-3-10(15(20)21)5-12(11)7-19/h3-5H,6-8H2,1-2H3,(H,20,21). The molecule has 0 amide bonds. The van der Waals surface area contributed by atoms with Crippen LogP contribution in [0, 0.1) is 6.92 Å². The zero-order valence-electron chi connectivity index (χ0n) is 11.9. The average Bonchev–Trinajstić information content (AvgIpc) is 2.94. The fraction of sp³-hybridized carbons (Fsp3) is 0.333. The molecule has 21 heavy (non-hydrogen) atoms. The third kappa shape index (κ3) is 2.54. The van der Waals surface area contributed by atoms with Crippen LogP contribution in [-0.2, 0) is 26.7 Å². The molecule has 110 valence electrons. The van der Waals surface area contributed by atoms with E-state index in [9.17, 15) is 4.79 Å². The van der Waals surface area contributed by atoms with Crippen LogP contribution < -0.4 is 0 Å². The molecule has 0 saturated carbocycles. The second-order valence-electron chi connectivity index (χ2n) is 5.40. The van der Waals surface area contributed by atoms with Gasteiger partial charge in [-0.3, -0.25) is 9.58 Å². The molecule has 2 aromatic rings. The summed E-state index contributed by atoms with van der Waals surface area (Å²) in [5.74, 6) is -0.887. The van der Waals surface area contributed by atoms with E-state index in [-0.39, 0.29) is 0 Å². The van der Waals surface area contributed by atoms with Crippen molar-refractivity contribution in [3.8, 4) is 0 Å². The third-order valence-corrected chi connectivity index (χ3v) is 4.37. The van der Waals surface area contributed by atoms with Crippen molar-refractivity contribution < 1.29 is 9.90 Å². The van der Waals surface area contributed by atoms with Gasteiger partial charge in [-0.25, -0.2) is 4.79 Å². The van der Waals surface area contributed by atoms with Crippen LogP contribution in [0.5, 0.6) is 0 Å². The lowest BCUT2D eigenvalue weighted by molar-refractivity contribution is 0.0696. The Labute approximate surface area is 127 Å². The zero-order chi connectivity index (χ0) is 15.1. The molecular weight excluding hydrogens is 290 g/mol. The van der Waals surface area contributed by atoms with Crippen molar-refractivity contribution in [2.24, 2.45) is 7.05 Å². The molecular formula is C15H16ClN3O2. The van der Waals surface area contributed by atoms with Crippen LogP contribution in [0.1, 0.15) is 32.9 Å². The molecule has 1 aliphatic heterocycles. The number of aromatic nitrogens is 2. The first-order valence-electron chi connectivity index (χ1n) is 6.71. The molecule has 0 fully saturated rings. The van der Waals surface area contributed by atoms with E-state index in [0.29, 0.717) is 17.1 Å². The first-order valence-corrected chi connectivity index (χ1v) is 7.09. The fourth-order valence-electron chi connectivity index (χ4n) is 2.77. The number of hydrogen-bond donors (Lipinski definition) is 1. The summed E-state index contributed by atoms with van der Waals surface area (Å²) in [7, 11) is 1.89. The van der Waals surface area contributed by atoms with Gasteiger partial charge in [-0.15, -0.1) is 0 Å². The van der Waals surface area contributed by atoms with Crippen molar-refractivity contribution in [1.29, 1.82) is 0 Å². The predicted molar refractivity (Wildman–Crippen MR) is 79.3 cm³/mol. The molecule has 0 atom stereocenters. The molecule has 0 spiro atoms. The Hall–Kier alpha value is -1.85. The van der Waals surface area contributed by atoms with Gasteiger partial charge in [0.05, 0.1) is 22.0 Å². The lowest BCUT2D eigenvalue weighted by Gasteiger charge is -2.15. The third-order valence-electron chi connectivity index (χ3n) is 3.88. The Morgan fingerprint density at radius 1 is 1.38 bits per heavy atom. The van der Waals surface area contributed by atoms with E-state index in [2.05, 4.69) is 10.00 Å². The van der Waals surface area contributed by atoms with Gasteiger partial charge in [0, 0.05) is 26.7 Å². The molecule has 0 radical (unpaired) electrons. The molecule has 1 N–H and O–H groups in total. The Morgan fingerprint density at radius 3 is 2.71 bits per heavy atom. The predicted octanol–water partition coefficient (Wildman–Crippen LogP) is 2.60. The topological polar surface area (TPSA) is 58.4 Å². The summed E-state index contributed by atoms with van der Waals surface area (Å²) in [6, 6.07) is 5.31. The number of carbonyl (C=O) groups is 1. The minimum atomic E-state index is -0.887. The number of halogens is 1. The Bertz CT molecular complexity index is 724. The summed E-state index contributed by atoms with van der Waals surface area (Å²) in [6.45, 7) is 4.13. The summed E-state index contributed by atoms with van der Waals surface area (Å²) < 4.78 is 1.81. The fourth-order valence-corrected chi connectivity index (χ4v) is 2.99. The average molecular weight is 306 g/mol. The lowest BCUT2D eigenvalue weighted by Crippen LogP contribution is -2.18. The summed E-state index contributed by atoms with van der Waals surface area (Å²) in [5.41, 5.74) is 4.41. The quantitative estimate of drug-likeness (QED) is 0.947. The number of aryl methyl sites for hydroxylation is 2. The van der Waals surface area contributed by atoms with Gasteiger partial charge in [-0.05, 0) is 30.2 Å². The molecule has 1 aliphatic rings. The van der Waals surface area contributed by atoms with E-state index in [1.165, 1.54) is 5.56 Å².